The van der Waals surface area contributed by atoms with E-state index in [1.54, 1.807) is 48.8 Å². The van der Waals surface area contributed by atoms with Gasteiger partial charge in [0.05, 0.1) is 24.1 Å². The van der Waals surface area contributed by atoms with Gasteiger partial charge in [-0.15, -0.1) is 0 Å². The summed E-state index contributed by atoms with van der Waals surface area (Å²) in [4.78, 5) is 29.3. The number of amides is 2. The SMILES string of the molecule is CS(=O)(=O)N(CC(=O)Nc1ccccc1C(=O)NCc1cccnc1)Cc1ccccc1F. The number of anilines is 1. The molecule has 0 bridgehead atoms. The highest BCUT2D eigenvalue weighted by Crippen LogP contribution is 2.17. The number of carbonyl (C=O) groups excluding carboxylic acids is 2. The van der Waals surface area contributed by atoms with Crippen molar-refractivity contribution in [3.8, 4) is 0 Å². The molecule has 8 nitrogen and oxygen atoms in total. The van der Waals surface area contributed by atoms with Crippen LogP contribution in [0.3, 0.4) is 0 Å². The van der Waals surface area contributed by atoms with Crippen LogP contribution in [0.4, 0.5) is 10.1 Å². The average Bonchev–Trinajstić information content (AvgIpc) is 2.79. The van der Waals surface area contributed by atoms with Gasteiger partial charge in [0.25, 0.3) is 5.91 Å². The Labute approximate surface area is 191 Å². The fraction of sp³-hybridized carbons (Fsp3) is 0.174. The van der Waals surface area contributed by atoms with Gasteiger partial charge in [-0.3, -0.25) is 14.6 Å². The van der Waals surface area contributed by atoms with Crippen molar-refractivity contribution in [1.29, 1.82) is 0 Å². The maximum absolute atomic E-state index is 14.0. The number of hydrogen-bond donors (Lipinski definition) is 2. The van der Waals surface area contributed by atoms with E-state index < -0.39 is 34.2 Å². The summed E-state index contributed by atoms with van der Waals surface area (Å²) in [5, 5.41) is 5.34. The van der Waals surface area contributed by atoms with Crippen LogP contribution < -0.4 is 10.6 Å². The van der Waals surface area contributed by atoms with Gasteiger partial charge in [-0.25, -0.2) is 12.8 Å². The molecule has 0 spiro atoms. The summed E-state index contributed by atoms with van der Waals surface area (Å²) in [6.07, 6.45) is 4.20. The fourth-order valence-corrected chi connectivity index (χ4v) is 3.75. The van der Waals surface area contributed by atoms with Crippen LogP contribution in [0.1, 0.15) is 21.5 Å². The molecule has 33 heavy (non-hydrogen) atoms. The van der Waals surface area contributed by atoms with Crippen LogP contribution in [0.2, 0.25) is 0 Å². The second-order valence-corrected chi connectivity index (χ2v) is 9.24. The van der Waals surface area contributed by atoms with E-state index >= 15 is 0 Å². The molecule has 2 N–H and O–H groups in total. The number of nitrogens with zero attached hydrogens (tertiary/aromatic N) is 2. The first-order valence-electron chi connectivity index (χ1n) is 9.98. The second-order valence-electron chi connectivity index (χ2n) is 7.26. The Morgan fingerprint density at radius 3 is 2.45 bits per heavy atom. The predicted molar refractivity (Wildman–Crippen MR) is 122 cm³/mol. The van der Waals surface area contributed by atoms with Crippen LogP contribution in [0.5, 0.6) is 0 Å². The van der Waals surface area contributed by atoms with Crippen molar-refractivity contribution in [2.24, 2.45) is 0 Å². The molecule has 0 saturated carbocycles. The van der Waals surface area contributed by atoms with Crippen LogP contribution in [-0.4, -0.2) is 42.3 Å². The number of aromatic nitrogens is 1. The smallest absolute Gasteiger partial charge is 0.253 e. The van der Waals surface area contributed by atoms with Crippen LogP contribution in [0.25, 0.3) is 0 Å². The Morgan fingerprint density at radius 2 is 1.76 bits per heavy atom. The number of para-hydroxylation sites is 1. The minimum atomic E-state index is -3.81. The van der Waals surface area contributed by atoms with Crippen LogP contribution in [0, 0.1) is 5.82 Å². The fourth-order valence-electron chi connectivity index (χ4n) is 3.03. The van der Waals surface area contributed by atoms with Crippen molar-refractivity contribution in [1.82, 2.24) is 14.6 Å². The lowest BCUT2D eigenvalue weighted by Gasteiger charge is -2.20. The lowest BCUT2D eigenvalue weighted by Crippen LogP contribution is -2.37. The number of nitrogens with one attached hydrogen (secondary N) is 2. The highest BCUT2D eigenvalue weighted by atomic mass is 32.2. The molecule has 1 heterocycles. The lowest BCUT2D eigenvalue weighted by atomic mass is 10.1. The number of sulfonamides is 1. The van der Waals surface area contributed by atoms with Gasteiger partial charge in [0.1, 0.15) is 5.82 Å². The van der Waals surface area contributed by atoms with Crippen LogP contribution in [-0.2, 0) is 27.9 Å². The highest BCUT2D eigenvalue weighted by molar-refractivity contribution is 7.88. The highest BCUT2D eigenvalue weighted by Gasteiger charge is 2.23. The van der Waals surface area contributed by atoms with E-state index in [0.717, 1.165) is 16.1 Å². The van der Waals surface area contributed by atoms with Gasteiger partial charge >= 0.3 is 0 Å². The molecule has 0 unspecified atom stereocenters. The molecule has 0 aliphatic heterocycles. The third-order valence-corrected chi connectivity index (χ3v) is 5.91. The standard InChI is InChI=1S/C23H23FN4O4S/c1-33(31,32)28(15-18-8-2-4-10-20(18)24)16-22(29)27-21-11-5-3-9-19(21)23(30)26-14-17-7-6-12-25-13-17/h2-13H,14-16H2,1H3,(H,26,30)(H,27,29). The van der Waals surface area contributed by atoms with E-state index in [0.29, 0.717) is 0 Å². The summed E-state index contributed by atoms with van der Waals surface area (Å²) in [5.74, 6) is -1.65. The molecule has 2 aromatic carbocycles. The van der Waals surface area contributed by atoms with Gasteiger partial charge in [0.15, 0.2) is 0 Å². The number of halogens is 1. The number of hydrogen-bond acceptors (Lipinski definition) is 5. The molecule has 3 aromatic rings. The minimum absolute atomic E-state index is 0.144. The first-order valence-corrected chi connectivity index (χ1v) is 11.8. The summed E-state index contributed by atoms with van der Waals surface area (Å²) in [6, 6.07) is 15.7. The van der Waals surface area contributed by atoms with Gasteiger partial charge in [0, 0.05) is 31.0 Å². The molecular formula is C23H23FN4O4S. The molecule has 0 fully saturated rings. The molecule has 10 heteroatoms. The molecule has 3 rings (SSSR count). The Morgan fingerprint density at radius 1 is 1.03 bits per heavy atom. The molecule has 0 atom stereocenters. The predicted octanol–water partition coefficient (Wildman–Crippen LogP) is 2.55. The lowest BCUT2D eigenvalue weighted by molar-refractivity contribution is -0.116. The zero-order chi connectivity index (χ0) is 23.8. The van der Waals surface area contributed by atoms with E-state index in [2.05, 4.69) is 15.6 Å². The largest absolute Gasteiger partial charge is 0.348 e. The molecule has 2 amide bonds. The van der Waals surface area contributed by atoms with Gasteiger partial charge in [-0.1, -0.05) is 36.4 Å². The van der Waals surface area contributed by atoms with Crippen molar-refractivity contribution >= 4 is 27.5 Å². The quantitative estimate of drug-likeness (QED) is 0.500. The third kappa shape index (κ3) is 6.93. The molecule has 0 aliphatic carbocycles. The number of carbonyl (C=O) groups is 2. The van der Waals surface area contributed by atoms with Crippen molar-refractivity contribution in [2.45, 2.75) is 13.1 Å². The average molecular weight is 471 g/mol. The van der Waals surface area contributed by atoms with Gasteiger partial charge in [0.2, 0.25) is 15.9 Å². The summed E-state index contributed by atoms with van der Waals surface area (Å²) in [7, 11) is -3.81. The topological polar surface area (TPSA) is 108 Å². The Kier molecular flexibility index (Phi) is 7.86. The summed E-state index contributed by atoms with van der Waals surface area (Å²) in [5.41, 5.74) is 1.40. The van der Waals surface area contributed by atoms with Crippen LogP contribution in [0.15, 0.2) is 73.1 Å². The molecule has 172 valence electrons. The Bertz CT molecular complexity index is 1240. The van der Waals surface area contributed by atoms with E-state index in [4.69, 9.17) is 0 Å². The monoisotopic (exact) mass is 470 g/mol. The Balaban J connectivity index is 1.70. The zero-order valence-electron chi connectivity index (χ0n) is 17.9. The number of rotatable bonds is 9. The first-order chi connectivity index (χ1) is 15.7. The maximum Gasteiger partial charge on any atom is 0.253 e. The summed E-state index contributed by atoms with van der Waals surface area (Å²) < 4.78 is 39.2. The molecule has 1 aromatic heterocycles. The summed E-state index contributed by atoms with van der Waals surface area (Å²) in [6.45, 7) is -0.593. The van der Waals surface area contributed by atoms with Crippen molar-refractivity contribution < 1.29 is 22.4 Å². The van der Waals surface area contributed by atoms with Crippen molar-refractivity contribution in [2.75, 3.05) is 18.1 Å². The zero-order valence-corrected chi connectivity index (χ0v) is 18.7. The van der Waals surface area contributed by atoms with E-state index in [1.807, 2.05) is 6.07 Å². The summed E-state index contributed by atoms with van der Waals surface area (Å²) >= 11 is 0. The third-order valence-electron chi connectivity index (χ3n) is 4.72. The van der Waals surface area contributed by atoms with Gasteiger partial charge in [-0.2, -0.15) is 4.31 Å². The van der Waals surface area contributed by atoms with E-state index in [-0.39, 0.29) is 29.9 Å². The minimum Gasteiger partial charge on any atom is -0.348 e. The van der Waals surface area contributed by atoms with Gasteiger partial charge in [-0.05, 0) is 29.8 Å². The van der Waals surface area contributed by atoms with Crippen LogP contribution >= 0.6 is 0 Å². The van der Waals surface area contributed by atoms with E-state index in [1.165, 1.54) is 18.2 Å². The molecule has 0 aliphatic rings. The molecule has 0 saturated heterocycles. The van der Waals surface area contributed by atoms with Crippen molar-refractivity contribution in [3.05, 3.63) is 95.6 Å². The van der Waals surface area contributed by atoms with Gasteiger partial charge < -0.3 is 10.6 Å². The molecule has 0 radical (unpaired) electrons. The first kappa shape index (κ1) is 24.0. The number of pyridine rings is 1. The normalized spacial score (nSPS) is 11.2. The van der Waals surface area contributed by atoms with Crippen molar-refractivity contribution in [3.63, 3.8) is 0 Å². The number of benzene rings is 2. The molecular weight excluding hydrogens is 447 g/mol. The maximum atomic E-state index is 14.0. The Hall–Kier alpha value is -3.63. The van der Waals surface area contributed by atoms with E-state index in [9.17, 15) is 22.4 Å². The second kappa shape index (κ2) is 10.8.